The zero-order valence-electron chi connectivity index (χ0n) is 15.2. The van der Waals surface area contributed by atoms with E-state index < -0.39 is 5.54 Å². The van der Waals surface area contributed by atoms with E-state index in [1.54, 1.807) is 0 Å². The van der Waals surface area contributed by atoms with Gasteiger partial charge in [-0.3, -0.25) is 4.79 Å². The van der Waals surface area contributed by atoms with Gasteiger partial charge in [0.15, 0.2) is 0 Å². The summed E-state index contributed by atoms with van der Waals surface area (Å²) in [6.07, 6.45) is 3.23. The lowest BCUT2D eigenvalue weighted by Crippen LogP contribution is -2.48. The minimum absolute atomic E-state index is 0.0919. The minimum atomic E-state index is -0.391. The summed E-state index contributed by atoms with van der Waals surface area (Å²) >= 11 is 0. The molecular weight excluding hydrogens is 296 g/mol. The molecule has 0 aliphatic heterocycles. The van der Waals surface area contributed by atoms with Crippen LogP contribution >= 0.6 is 0 Å². The van der Waals surface area contributed by atoms with E-state index in [1.807, 2.05) is 0 Å². The molecule has 0 unspecified atom stereocenters. The number of rotatable bonds is 4. The van der Waals surface area contributed by atoms with Gasteiger partial charge in [-0.1, -0.05) is 48.9 Å². The third kappa shape index (κ3) is 3.18. The second-order valence-electron chi connectivity index (χ2n) is 7.71. The zero-order chi connectivity index (χ0) is 17.3. The van der Waals surface area contributed by atoms with Gasteiger partial charge in [-0.15, -0.1) is 0 Å². The first-order valence-electron chi connectivity index (χ1n) is 8.87. The lowest BCUT2D eigenvalue weighted by molar-refractivity contribution is -0.128. The van der Waals surface area contributed by atoms with Gasteiger partial charge >= 0.3 is 0 Å². The van der Waals surface area contributed by atoms with Crippen LogP contribution in [0.3, 0.4) is 0 Å². The highest BCUT2D eigenvalue weighted by Crippen LogP contribution is 2.32. The van der Waals surface area contributed by atoms with E-state index in [-0.39, 0.29) is 11.8 Å². The van der Waals surface area contributed by atoms with Gasteiger partial charge in [-0.25, -0.2) is 0 Å². The van der Waals surface area contributed by atoms with Crippen LogP contribution in [0.4, 0.5) is 0 Å². The molecule has 1 aliphatic carbocycles. The smallest absolute Gasteiger partial charge is 0.225 e. The lowest BCUT2D eigenvalue weighted by Gasteiger charge is -2.32. The van der Waals surface area contributed by atoms with Gasteiger partial charge in [-0.2, -0.15) is 0 Å². The third-order valence-electron chi connectivity index (χ3n) is 5.38. The van der Waals surface area contributed by atoms with E-state index in [0.717, 1.165) is 19.3 Å². The maximum absolute atomic E-state index is 12.9. The van der Waals surface area contributed by atoms with Crippen molar-refractivity contribution in [2.75, 3.05) is 14.1 Å². The van der Waals surface area contributed by atoms with Crippen molar-refractivity contribution in [1.82, 2.24) is 10.2 Å². The molecule has 2 atom stereocenters. The Morgan fingerprint density at radius 2 is 1.79 bits per heavy atom. The van der Waals surface area contributed by atoms with Gasteiger partial charge in [0.05, 0.1) is 11.5 Å². The average Bonchev–Trinajstić information content (AvgIpc) is 3.04. The molecule has 1 amide bonds. The average molecular weight is 324 g/mol. The predicted octanol–water partition coefficient (Wildman–Crippen LogP) is 3.92. The number of benzene rings is 2. The fourth-order valence-electron chi connectivity index (χ4n) is 4.10. The molecule has 0 radical (unpaired) electrons. The molecule has 0 spiro atoms. The van der Waals surface area contributed by atoms with Crippen molar-refractivity contribution in [3.05, 3.63) is 48.0 Å². The van der Waals surface area contributed by atoms with Crippen molar-refractivity contribution < 1.29 is 4.79 Å². The lowest BCUT2D eigenvalue weighted by atomic mass is 9.88. The Balaban J connectivity index is 1.86. The van der Waals surface area contributed by atoms with Crippen LogP contribution in [0.15, 0.2) is 42.5 Å². The summed E-state index contributed by atoms with van der Waals surface area (Å²) in [6.45, 7) is 4.21. The Kier molecular flexibility index (Phi) is 4.64. The van der Waals surface area contributed by atoms with Crippen LogP contribution in [0.2, 0.25) is 0 Å². The van der Waals surface area contributed by atoms with Crippen LogP contribution in [-0.4, -0.2) is 30.9 Å². The number of nitrogens with one attached hydrogen (secondary N) is 1. The molecule has 0 saturated heterocycles. The molecule has 1 saturated carbocycles. The van der Waals surface area contributed by atoms with Crippen LogP contribution in [0, 0.1) is 5.92 Å². The van der Waals surface area contributed by atoms with Crippen molar-refractivity contribution >= 4 is 16.7 Å². The van der Waals surface area contributed by atoms with Crippen LogP contribution in [0.5, 0.6) is 0 Å². The van der Waals surface area contributed by atoms with E-state index in [1.165, 1.54) is 16.3 Å². The molecule has 3 rings (SSSR count). The van der Waals surface area contributed by atoms with Gasteiger partial charge in [-0.05, 0) is 57.1 Å². The van der Waals surface area contributed by atoms with Gasteiger partial charge in [0.2, 0.25) is 5.91 Å². The van der Waals surface area contributed by atoms with Crippen LogP contribution < -0.4 is 5.32 Å². The van der Waals surface area contributed by atoms with E-state index >= 15 is 0 Å². The number of hydrogen-bond donors (Lipinski definition) is 1. The monoisotopic (exact) mass is 324 g/mol. The summed E-state index contributed by atoms with van der Waals surface area (Å²) in [5.74, 6) is 0.276. The molecule has 0 heterocycles. The van der Waals surface area contributed by atoms with Crippen LogP contribution in [-0.2, 0) is 10.3 Å². The number of nitrogens with zero attached hydrogens (tertiary/aromatic N) is 1. The molecule has 24 heavy (non-hydrogen) atoms. The summed E-state index contributed by atoms with van der Waals surface area (Å²) < 4.78 is 0. The summed E-state index contributed by atoms with van der Waals surface area (Å²) in [7, 11) is 4.15. The molecule has 2 aromatic rings. The maximum Gasteiger partial charge on any atom is 0.225 e. The number of fused-ring (bicyclic) bond motifs is 1. The molecular formula is C21H28N2O. The summed E-state index contributed by atoms with van der Waals surface area (Å²) in [5.41, 5.74) is 0.783. The maximum atomic E-state index is 12.9. The Labute approximate surface area is 145 Å². The highest BCUT2D eigenvalue weighted by atomic mass is 16.2. The fraction of sp³-hybridized carbons (Fsp3) is 0.476. The number of amides is 1. The normalized spacial score (nSPS) is 21.4. The second kappa shape index (κ2) is 6.56. The molecule has 1 N–H and O–H groups in total. The molecule has 2 aromatic carbocycles. The Hall–Kier alpha value is -1.87. The van der Waals surface area contributed by atoms with Crippen LogP contribution in [0.25, 0.3) is 10.8 Å². The molecule has 3 nitrogen and oxygen atoms in total. The Morgan fingerprint density at radius 1 is 1.08 bits per heavy atom. The van der Waals surface area contributed by atoms with E-state index in [9.17, 15) is 4.79 Å². The zero-order valence-corrected chi connectivity index (χ0v) is 15.2. The van der Waals surface area contributed by atoms with E-state index in [2.05, 4.69) is 80.6 Å². The van der Waals surface area contributed by atoms with Crippen molar-refractivity contribution in [3.8, 4) is 0 Å². The van der Waals surface area contributed by atoms with Crippen LogP contribution in [0.1, 0.15) is 38.7 Å². The highest BCUT2D eigenvalue weighted by Gasteiger charge is 2.36. The second-order valence-corrected chi connectivity index (χ2v) is 7.71. The minimum Gasteiger partial charge on any atom is -0.347 e. The van der Waals surface area contributed by atoms with Crippen molar-refractivity contribution in [2.24, 2.45) is 5.92 Å². The predicted molar refractivity (Wildman–Crippen MR) is 99.9 cm³/mol. The summed E-state index contributed by atoms with van der Waals surface area (Å²) in [5, 5.41) is 5.75. The summed E-state index contributed by atoms with van der Waals surface area (Å²) in [4.78, 5) is 15.1. The number of carbonyl (C=O) groups excluding carboxylic acids is 1. The van der Waals surface area contributed by atoms with Crippen molar-refractivity contribution in [3.63, 3.8) is 0 Å². The molecule has 1 fully saturated rings. The summed E-state index contributed by atoms with van der Waals surface area (Å²) in [6, 6.07) is 15.0. The highest BCUT2D eigenvalue weighted by molar-refractivity contribution is 5.88. The topological polar surface area (TPSA) is 32.3 Å². The van der Waals surface area contributed by atoms with Gasteiger partial charge < -0.3 is 10.2 Å². The number of hydrogen-bond acceptors (Lipinski definition) is 2. The van der Waals surface area contributed by atoms with E-state index in [4.69, 9.17) is 0 Å². The molecule has 1 aliphatic rings. The quantitative estimate of drug-likeness (QED) is 0.924. The van der Waals surface area contributed by atoms with Gasteiger partial charge in [0.1, 0.15) is 0 Å². The van der Waals surface area contributed by atoms with Gasteiger partial charge in [0.25, 0.3) is 0 Å². The van der Waals surface area contributed by atoms with E-state index in [0.29, 0.717) is 6.04 Å². The number of carbonyl (C=O) groups is 1. The first-order valence-corrected chi connectivity index (χ1v) is 8.87. The third-order valence-corrected chi connectivity index (χ3v) is 5.38. The fourth-order valence-corrected chi connectivity index (χ4v) is 4.10. The largest absolute Gasteiger partial charge is 0.347 e. The standard InChI is InChI=1S/C21H28N2O/c1-21(2,18-13-7-10-15-9-5-6-11-16(15)18)22-20(24)17-12-8-14-19(17)23(3)4/h5-7,9-11,13,17,19H,8,12,14H2,1-4H3,(H,22,24)/t17-,19-/m0/s1. The molecule has 0 bridgehead atoms. The first kappa shape index (κ1) is 17.0. The van der Waals surface area contributed by atoms with Crippen molar-refractivity contribution in [2.45, 2.75) is 44.7 Å². The molecule has 0 aromatic heterocycles. The Bertz CT molecular complexity index is 730. The molecule has 3 heteroatoms. The Morgan fingerprint density at radius 3 is 2.54 bits per heavy atom. The molecule has 128 valence electrons. The van der Waals surface area contributed by atoms with Gasteiger partial charge in [0, 0.05) is 6.04 Å². The SMILES string of the molecule is CN(C)[C@H]1CCC[C@@H]1C(=O)NC(C)(C)c1cccc2ccccc12. The first-order chi connectivity index (χ1) is 11.4. The van der Waals surface area contributed by atoms with Crippen molar-refractivity contribution in [1.29, 1.82) is 0 Å².